The first-order valence-corrected chi connectivity index (χ1v) is 4.88. The number of rotatable bonds is 4. The van der Waals surface area contributed by atoms with E-state index < -0.39 is 0 Å². The Morgan fingerprint density at radius 3 is 2.80 bits per heavy atom. The number of carbonyl (C=O) groups is 1. The van der Waals surface area contributed by atoms with E-state index in [0.717, 1.165) is 11.4 Å². The lowest BCUT2D eigenvalue weighted by atomic mass is 10.00. The Labute approximate surface area is 89.9 Å². The number of pyridine rings is 1. The quantitative estimate of drug-likeness (QED) is 0.785. The molecule has 0 spiro atoms. The van der Waals surface area contributed by atoms with Gasteiger partial charge < -0.3 is 11.1 Å². The lowest BCUT2D eigenvalue weighted by Crippen LogP contribution is -2.36. The number of nitrogens with two attached hydrogens (primary N) is 1. The van der Waals surface area contributed by atoms with E-state index in [9.17, 15) is 4.79 Å². The standard InChI is InChI=1S/C11H17N3O/c1-8-6-9(4-5-13-8)14-11(2,3)7-10(12)15/h4-6H,7H2,1-3H3,(H2,12,15)(H,13,14). The predicted octanol–water partition coefficient (Wildman–Crippen LogP) is 1.46. The van der Waals surface area contributed by atoms with Crippen molar-refractivity contribution in [2.45, 2.75) is 32.7 Å². The van der Waals surface area contributed by atoms with Crippen LogP contribution in [0, 0.1) is 6.92 Å². The fraction of sp³-hybridized carbons (Fsp3) is 0.455. The second-order valence-corrected chi connectivity index (χ2v) is 4.34. The molecular formula is C11H17N3O. The maximum absolute atomic E-state index is 10.8. The molecule has 82 valence electrons. The number of nitrogens with zero attached hydrogens (tertiary/aromatic N) is 1. The van der Waals surface area contributed by atoms with Gasteiger partial charge in [-0.2, -0.15) is 0 Å². The number of hydrogen-bond acceptors (Lipinski definition) is 3. The molecule has 0 unspecified atom stereocenters. The van der Waals surface area contributed by atoms with Crippen LogP contribution in [0.5, 0.6) is 0 Å². The molecule has 0 saturated carbocycles. The molecule has 1 amide bonds. The molecular weight excluding hydrogens is 190 g/mol. The molecule has 0 aliphatic rings. The molecule has 15 heavy (non-hydrogen) atoms. The van der Waals surface area contributed by atoms with E-state index in [1.165, 1.54) is 0 Å². The van der Waals surface area contributed by atoms with Crippen molar-refractivity contribution in [1.29, 1.82) is 0 Å². The first-order valence-electron chi connectivity index (χ1n) is 4.88. The van der Waals surface area contributed by atoms with E-state index >= 15 is 0 Å². The summed E-state index contributed by atoms with van der Waals surface area (Å²) < 4.78 is 0. The average Bonchev–Trinajstić information content (AvgIpc) is 1.99. The molecule has 3 N–H and O–H groups in total. The fourth-order valence-corrected chi connectivity index (χ4v) is 1.49. The van der Waals surface area contributed by atoms with Crippen molar-refractivity contribution in [2.75, 3.05) is 5.32 Å². The van der Waals surface area contributed by atoms with E-state index in [1.807, 2.05) is 32.9 Å². The lowest BCUT2D eigenvalue weighted by molar-refractivity contribution is -0.118. The molecule has 4 nitrogen and oxygen atoms in total. The lowest BCUT2D eigenvalue weighted by Gasteiger charge is -2.26. The summed E-state index contributed by atoms with van der Waals surface area (Å²) >= 11 is 0. The van der Waals surface area contributed by atoms with Crippen molar-refractivity contribution in [2.24, 2.45) is 5.73 Å². The molecule has 0 aliphatic heterocycles. The van der Waals surface area contributed by atoms with Gasteiger partial charge in [-0.1, -0.05) is 0 Å². The summed E-state index contributed by atoms with van der Waals surface area (Å²) in [7, 11) is 0. The number of nitrogens with one attached hydrogen (secondary N) is 1. The molecule has 1 rings (SSSR count). The summed E-state index contributed by atoms with van der Waals surface area (Å²) in [6, 6.07) is 3.80. The topological polar surface area (TPSA) is 68.0 Å². The Hall–Kier alpha value is -1.58. The predicted molar refractivity (Wildman–Crippen MR) is 60.5 cm³/mol. The third kappa shape index (κ3) is 3.97. The van der Waals surface area contributed by atoms with Crippen molar-refractivity contribution in [3.63, 3.8) is 0 Å². The summed E-state index contributed by atoms with van der Waals surface area (Å²) in [5.41, 5.74) is 6.73. The van der Waals surface area contributed by atoms with Crippen LogP contribution in [0.4, 0.5) is 5.69 Å². The largest absolute Gasteiger partial charge is 0.380 e. The number of aryl methyl sites for hydroxylation is 1. The molecule has 0 aliphatic carbocycles. The molecule has 1 heterocycles. The number of amides is 1. The minimum absolute atomic E-state index is 0.300. The van der Waals surface area contributed by atoms with E-state index in [1.54, 1.807) is 6.20 Å². The van der Waals surface area contributed by atoms with Gasteiger partial charge in [-0.15, -0.1) is 0 Å². The SMILES string of the molecule is Cc1cc(NC(C)(C)CC(N)=O)ccn1. The van der Waals surface area contributed by atoms with Crippen LogP contribution < -0.4 is 11.1 Å². The van der Waals surface area contributed by atoms with Crippen LogP contribution in [0.3, 0.4) is 0 Å². The number of hydrogen-bond donors (Lipinski definition) is 2. The molecule has 0 atom stereocenters. The summed E-state index contributed by atoms with van der Waals surface area (Å²) in [6.07, 6.45) is 2.03. The minimum atomic E-state index is -0.334. The van der Waals surface area contributed by atoms with Crippen LogP contribution in [0.2, 0.25) is 0 Å². The molecule has 1 aromatic heterocycles. The van der Waals surface area contributed by atoms with Gasteiger partial charge in [-0.3, -0.25) is 9.78 Å². The van der Waals surface area contributed by atoms with Crippen molar-refractivity contribution in [1.82, 2.24) is 4.98 Å². The van der Waals surface area contributed by atoms with Gasteiger partial charge in [0.2, 0.25) is 5.91 Å². The number of aromatic nitrogens is 1. The van der Waals surface area contributed by atoms with E-state index in [2.05, 4.69) is 10.3 Å². The third-order valence-corrected chi connectivity index (χ3v) is 2.00. The van der Waals surface area contributed by atoms with Crippen LogP contribution in [0.15, 0.2) is 18.3 Å². The molecule has 0 fully saturated rings. The molecule has 0 radical (unpaired) electrons. The zero-order chi connectivity index (χ0) is 11.5. The first-order chi connectivity index (χ1) is 6.89. The second kappa shape index (κ2) is 4.29. The minimum Gasteiger partial charge on any atom is -0.380 e. The van der Waals surface area contributed by atoms with Gasteiger partial charge in [0.1, 0.15) is 0 Å². The second-order valence-electron chi connectivity index (χ2n) is 4.34. The maximum atomic E-state index is 10.8. The van der Waals surface area contributed by atoms with Gasteiger partial charge in [0.25, 0.3) is 0 Å². The van der Waals surface area contributed by atoms with Gasteiger partial charge >= 0.3 is 0 Å². The van der Waals surface area contributed by atoms with Crippen LogP contribution >= 0.6 is 0 Å². The third-order valence-electron chi connectivity index (χ3n) is 2.00. The summed E-state index contributed by atoms with van der Waals surface area (Å²) in [5.74, 6) is -0.307. The Morgan fingerprint density at radius 1 is 1.60 bits per heavy atom. The molecule has 0 bridgehead atoms. The Morgan fingerprint density at radius 2 is 2.27 bits per heavy atom. The van der Waals surface area contributed by atoms with Crippen molar-refractivity contribution in [3.8, 4) is 0 Å². The highest BCUT2D eigenvalue weighted by molar-refractivity contribution is 5.75. The van der Waals surface area contributed by atoms with Gasteiger partial charge in [0.15, 0.2) is 0 Å². The first kappa shape index (κ1) is 11.5. The Bertz CT molecular complexity index is 361. The highest BCUT2D eigenvalue weighted by Gasteiger charge is 2.19. The van der Waals surface area contributed by atoms with Gasteiger partial charge in [-0.25, -0.2) is 0 Å². The Kier molecular flexibility index (Phi) is 3.29. The van der Waals surface area contributed by atoms with Crippen molar-refractivity contribution >= 4 is 11.6 Å². The van der Waals surface area contributed by atoms with Crippen molar-refractivity contribution in [3.05, 3.63) is 24.0 Å². The highest BCUT2D eigenvalue weighted by Crippen LogP contribution is 2.17. The van der Waals surface area contributed by atoms with Crippen LogP contribution in [-0.2, 0) is 4.79 Å². The zero-order valence-corrected chi connectivity index (χ0v) is 9.37. The summed E-state index contributed by atoms with van der Waals surface area (Å²) in [6.45, 7) is 5.80. The monoisotopic (exact) mass is 207 g/mol. The van der Waals surface area contributed by atoms with E-state index in [4.69, 9.17) is 5.73 Å². The average molecular weight is 207 g/mol. The van der Waals surface area contributed by atoms with E-state index in [0.29, 0.717) is 6.42 Å². The van der Waals surface area contributed by atoms with Crippen LogP contribution in [0.25, 0.3) is 0 Å². The number of primary amides is 1. The van der Waals surface area contributed by atoms with Crippen molar-refractivity contribution < 1.29 is 4.79 Å². The summed E-state index contributed by atoms with van der Waals surface area (Å²) in [4.78, 5) is 14.9. The van der Waals surface area contributed by atoms with Crippen LogP contribution in [0.1, 0.15) is 26.0 Å². The number of carbonyl (C=O) groups excluding carboxylic acids is 1. The van der Waals surface area contributed by atoms with Gasteiger partial charge in [0.05, 0.1) is 0 Å². The van der Waals surface area contributed by atoms with Gasteiger partial charge in [0, 0.05) is 29.5 Å². The van der Waals surface area contributed by atoms with Crippen LogP contribution in [-0.4, -0.2) is 16.4 Å². The Balaban J connectivity index is 2.72. The van der Waals surface area contributed by atoms with E-state index in [-0.39, 0.29) is 11.4 Å². The van der Waals surface area contributed by atoms with Gasteiger partial charge in [-0.05, 0) is 32.9 Å². The molecule has 0 saturated heterocycles. The normalized spacial score (nSPS) is 11.1. The smallest absolute Gasteiger partial charge is 0.219 e. The molecule has 4 heteroatoms. The molecule has 0 aromatic carbocycles. The fourth-order valence-electron chi connectivity index (χ4n) is 1.49. The maximum Gasteiger partial charge on any atom is 0.219 e. The molecule has 1 aromatic rings. The highest BCUT2D eigenvalue weighted by atomic mass is 16.1. The summed E-state index contributed by atoms with van der Waals surface area (Å²) in [5, 5.41) is 3.25. The zero-order valence-electron chi connectivity index (χ0n) is 9.37. The number of anilines is 1.